The van der Waals surface area contributed by atoms with Crippen LogP contribution < -0.4 is 4.72 Å². The van der Waals surface area contributed by atoms with E-state index in [9.17, 15) is 8.42 Å². The predicted molar refractivity (Wildman–Crippen MR) is 80.3 cm³/mol. The van der Waals surface area contributed by atoms with E-state index in [0.29, 0.717) is 15.6 Å². The predicted octanol–water partition coefficient (Wildman–Crippen LogP) is 2.11. The van der Waals surface area contributed by atoms with Gasteiger partial charge >= 0.3 is 0 Å². The highest BCUT2D eigenvalue weighted by Gasteiger charge is 2.31. The van der Waals surface area contributed by atoms with Crippen LogP contribution in [0.5, 0.6) is 0 Å². The lowest BCUT2D eigenvalue weighted by atomic mass is 10.1. The summed E-state index contributed by atoms with van der Waals surface area (Å²) in [4.78, 5) is 0.710. The van der Waals surface area contributed by atoms with E-state index in [0.717, 1.165) is 35.5 Å². The number of hydrogen-bond donors (Lipinski definition) is 2. The molecule has 0 aromatic carbocycles. The maximum absolute atomic E-state index is 12.2. The number of thioether (sulfide) groups is 1. The minimum absolute atomic E-state index is 0.0131. The lowest BCUT2D eigenvalue weighted by molar-refractivity contribution is 0.285. The molecule has 0 bridgehead atoms. The second-order valence-corrected chi connectivity index (χ2v) is 9.87. The fraction of sp³-hybridized carbons (Fsp3) is 0.667. The fourth-order valence-electron chi connectivity index (χ4n) is 2.07. The zero-order chi connectivity index (χ0) is 14.1. The second kappa shape index (κ2) is 5.73. The smallest absolute Gasteiger partial charge is 0.250 e. The lowest BCUT2D eigenvalue weighted by Gasteiger charge is -2.22. The van der Waals surface area contributed by atoms with Gasteiger partial charge in [0.15, 0.2) is 0 Å². The molecule has 7 heteroatoms. The molecule has 2 rings (SSSR count). The summed E-state index contributed by atoms with van der Waals surface area (Å²) in [6.07, 6.45) is 2.20. The Kier molecular flexibility index (Phi) is 4.62. The number of rotatable bonds is 5. The Bertz CT molecular complexity index is 545. The molecule has 1 aromatic heterocycles. The van der Waals surface area contributed by atoms with E-state index in [4.69, 9.17) is 5.11 Å². The van der Waals surface area contributed by atoms with Crippen LogP contribution in [0, 0.1) is 6.92 Å². The van der Waals surface area contributed by atoms with Crippen LogP contribution in [0.4, 0.5) is 0 Å². The summed E-state index contributed by atoms with van der Waals surface area (Å²) >= 11 is 2.97. The quantitative estimate of drug-likeness (QED) is 0.872. The van der Waals surface area contributed by atoms with Crippen molar-refractivity contribution in [3.63, 3.8) is 0 Å². The number of hydrogen-bond acceptors (Lipinski definition) is 5. The van der Waals surface area contributed by atoms with Crippen molar-refractivity contribution in [3.05, 3.63) is 16.5 Å². The molecule has 1 atom stereocenters. The average molecular weight is 321 g/mol. The third-order valence-electron chi connectivity index (χ3n) is 3.34. The van der Waals surface area contributed by atoms with E-state index in [2.05, 4.69) is 11.6 Å². The van der Waals surface area contributed by atoms with Gasteiger partial charge in [0.1, 0.15) is 4.21 Å². The van der Waals surface area contributed by atoms with Crippen molar-refractivity contribution in [1.29, 1.82) is 0 Å². The number of nitrogens with one attached hydrogen (secondary N) is 1. The van der Waals surface area contributed by atoms with Gasteiger partial charge in [0.05, 0.1) is 6.61 Å². The summed E-state index contributed by atoms with van der Waals surface area (Å²) in [5.74, 6) is 1.10. The Morgan fingerprint density at radius 1 is 1.53 bits per heavy atom. The first kappa shape index (κ1) is 15.3. The number of aliphatic hydroxyl groups is 1. The van der Waals surface area contributed by atoms with Gasteiger partial charge in [0.25, 0.3) is 0 Å². The van der Waals surface area contributed by atoms with Gasteiger partial charge in [0.2, 0.25) is 10.0 Å². The van der Waals surface area contributed by atoms with Gasteiger partial charge in [-0.1, -0.05) is 0 Å². The highest BCUT2D eigenvalue weighted by Crippen LogP contribution is 2.37. The van der Waals surface area contributed by atoms with Crippen LogP contribution in [0.3, 0.4) is 0 Å². The molecule has 1 aromatic rings. The van der Waals surface area contributed by atoms with E-state index in [-0.39, 0.29) is 11.4 Å². The molecular weight excluding hydrogens is 302 g/mol. The number of aliphatic hydroxyl groups excluding tert-OH is 1. The number of aryl methyl sites for hydroxylation is 1. The minimum atomic E-state index is -3.45. The van der Waals surface area contributed by atoms with Crippen LogP contribution in [0.25, 0.3) is 0 Å². The van der Waals surface area contributed by atoms with Gasteiger partial charge in [-0.05, 0) is 44.1 Å². The maximum Gasteiger partial charge on any atom is 0.250 e. The lowest BCUT2D eigenvalue weighted by Crippen LogP contribution is -2.36. The van der Waals surface area contributed by atoms with E-state index in [1.54, 1.807) is 6.07 Å². The Hall–Kier alpha value is -0.0800. The van der Waals surface area contributed by atoms with Crippen LogP contribution in [0.2, 0.25) is 0 Å². The topological polar surface area (TPSA) is 66.4 Å². The van der Waals surface area contributed by atoms with Gasteiger partial charge in [-0.3, -0.25) is 0 Å². The van der Waals surface area contributed by atoms with Crippen molar-refractivity contribution >= 4 is 33.1 Å². The molecule has 2 N–H and O–H groups in total. The highest BCUT2D eigenvalue weighted by molar-refractivity contribution is 8.01. The van der Waals surface area contributed by atoms with Gasteiger partial charge in [-0.2, -0.15) is 11.8 Å². The first-order valence-electron chi connectivity index (χ1n) is 6.20. The van der Waals surface area contributed by atoms with Crippen molar-refractivity contribution in [2.45, 2.75) is 42.3 Å². The van der Waals surface area contributed by atoms with Crippen molar-refractivity contribution in [1.82, 2.24) is 4.72 Å². The van der Waals surface area contributed by atoms with Crippen LogP contribution in [-0.4, -0.2) is 30.6 Å². The second-order valence-electron chi connectivity index (χ2n) is 5.06. The summed E-state index contributed by atoms with van der Waals surface area (Å²) in [6, 6.07) is 1.63. The fourth-order valence-corrected chi connectivity index (χ4v) is 6.07. The highest BCUT2D eigenvalue weighted by atomic mass is 32.2. The van der Waals surface area contributed by atoms with Crippen molar-refractivity contribution in [2.75, 3.05) is 12.3 Å². The van der Waals surface area contributed by atoms with Gasteiger partial charge in [0, 0.05) is 16.2 Å². The largest absolute Gasteiger partial charge is 0.391 e. The molecule has 1 aliphatic rings. The van der Waals surface area contributed by atoms with Crippen LogP contribution >= 0.6 is 23.1 Å². The molecule has 108 valence electrons. The Morgan fingerprint density at radius 3 is 2.79 bits per heavy atom. The molecule has 0 saturated carbocycles. The van der Waals surface area contributed by atoms with Gasteiger partial charge in [-0.15, -0.1) is 11.3 Å². The molecule has 1 fully saturated rings. The maximum atomic E-state index is 12.2. The molecule has 1 saturated heterocycles. The zero-order valence-corrected chi connectivity index (χ0v) is 13.6. The minimum Gasteiger partial charge on any atom is -0.391 e. The van der Waals surface area contributed by atoms with Crippen LogP contribution in [0.15, 0.2) is 10.3 Å². The molecular formula is C12H19NO3S3. The Labute approximate surface area is 122 Å². The monoisotopic (exact) mass is 321 g/mol. The Balaban J connectivity index is 2.09. The first-order valence-corrected chi connectivity index (χ1v) is 9.49. The van der Waals surface area contributed by atoms with E-state index >= 15 is 0 Å². The average Bonchev–Trinajstić information content (AvgIpc) is 2.94. The zero-order valence-electron chi connectivity index (χ0n) is 11.1. The van der Waals surface area contributed by atoms with Crippen LogP contribution in [-0.2, 0) is 16.6 Å². The summed E-state index contributed by atoms with van der Waals surface area (Å²) in [7, 11) is -3.45. The van der Waals surface area contributed by atoms with E-state index in [1.807, 2.05) is 18.7 Å². The van der Waals surface area contributed by atoms with Gasteiger partial charge < -0.3 is 5.11 Å². The molecule has 1 unspecified atom stereocenters. The summed E-state index contributed by atoms with van der Waals surface area (Å²) in [6.45, 7) is 4.27. The normalized spacial score (nSPS) is 23.9. The SMILES string of the molecule is Cc1cc(S(=O)(=O)NCC2(C)CCCS2)sc1CO. The summed E-state index contributed by atoms with van der Waals surface area (Å²) in [5, 5.41) is 9.13. The molecule has 4 nitrogen and oxygen atoms in total. The van der Waals surface area contributed by atoms with Crippen molar-refractivity contribution in [2.24, 2.45) is 0 Å². The van der Waals surface area contributed by atoms with E-state index in [1.165, 1.54) is 0 Å². The molecule has 19 heavy (non-hydrogen) atoms. The van der Waals surface area contributed by atoms with Crippen LogP contribution in [0.1, 0.15) is 30.2 Å². The number of sulfonamides is 1. The molecule has 1 aliphatic heterocycles. The third kappa shape index (κ3) is 3.52. The molecule has 0 aliphatic carbocycles. The number of thiophene rings is 1. The third-order valence-corrected chi connectivity index (χ3v) is 7.98. The summed E-state index contributed by atoms with van der Waals surface area (Å²) in [5.41, 5.74) is 0.828. The Morgan fingerprint density at radius 2 is 2.26 bits per heavy atom. The van der Waals surface area contributed by atoms with E-state index < -0.39 is 10.0 Å². The van der Waals surface area contributed by atoms with Gasteiger partial charge in [-0.25, -0.2) is 13.1 Å². The van der Waals surface area contributed by atoms with Crippen molar-refractivity contribution in [3.8, 4) is 0 Å². The molecule has 2 heterocycles. The molecule has 0 radical (unpaired) electrons. The molecule has 0 amide bonds. The van der Waals surface area contributed by atoms with Crippen molar-refractivity contribution < 1.29 is 13.5 Å². The summed E-state index contributed by atoms with van der Waals surface area (Å²) < 4.78 is 27.4. The standard InChI is InChI=1S/C12H19NO3S3/c1-9-6-11(18-10(9)7-14)19(15,16)13-8-12(2)4-3-5-17-12/h6,13-14H,3-5,7-8H2,1-2H3. The first-order chi connectivity index (χ1) is 8.86. The molecule has 0 spiro atoms.